The van der Waals surface area contributed by atoms with Crippen molar-refractivity contribution in [2.24, 2.45) is 5.92 Å². The van der Waals surface area contributed by atoms with Crippen LogP contribution >= 0.6 is 38.5 Å². The first-order valence-corrected chi connectivity index (χ1v) is 7.44. The molecule has 2 N–H and O–H groups in total. The van der Waals surface area contributed by atoms with Crippen molar-refractivity contribution in [3.63, 3.8) is 0 Å². The van der Waals surface area contributed by atoms with Crippen LogP contribution in [-0.2, 0) is 4.79 Å². The van der Waals surface area contributed by atoms with Gasteiger partial charge < -0.3 is 10.6 Å². The predicted octanol–water partition coefficient (Wildman–Crippen LogP) is 2.99. The molecular weight excluding hydrogens is 395 g/mol. The Morgan fingerprint density at radius 3 is 3.00 bits per heavy atom. The van der Waals surface area contributed by atoms with E-state index in [1.165, 1.54) is 0 Å². The summed E-state index contributed by atoms with van der Waals surface area (Å²) in [7, 11) is 0. The molecule has 17 heavy (non-hydrogen) atoms. The van der Waals surface area contributed by atoms with E-state index >= 15 is 0 Å². The average Bonchev–Trinajstić information content (AvgIpc) is 2.70. The summed E-state index contributed by atoms with van der Waals surface area (Å²) >= 11 is 5.69. The van der Waals surface area contributed by atoms with Crippen molar-refractivity contribution in [2.75, 3.05) is 11.9 Å². The molecule has 2 unspecified atom stereocenters. The van der Waals surface area contributed by atoms with E-state index in [0.29, 0.717) is 0 Å². The van der Waals surface area contributed by atoms with E-state index in [1.807, 2.05) is 18.2 Å². The van der Waals surface area contributed by atoms with Crippen molar-refractivity contribution in [1.82, 2.24) is 5.32 Å². The zero-order valence-electron chi connectivity index (χ0n) is 9.47. The number of anilines is 1. The molecule has 0 aromatic heterocycles. The molecule has 1 fully saturated rings. The Morgan fingerprint density at radius 1 is 1.59 bits per heavy atom. The Labute approximate surface area is 123 Å². The second-order valence-corrected chi connectivity index (χ2v) is 6.35. The average molecular weight is 409 g/mol. The second kappa shape index (κ2) is 5.67. The SMILES string of the molecule is CC1NCCC1C(=O)Nc1cc(I)ccc1Br. The monoisotopic (exact) mass is 408 g/mol. The summed E-state index contributed by atoms with van der Waals surface area (Å²) in [6, 6.07) is 6.18. The minimum atomic E-state index is 0.0692. The van der Waals surface area contributed by atoms with Gasteiger partial charge in [0.15, 0.2) is 0 Å². The van der Waals surface area contributed by atoms with Crippen molar-refractivity contribution in [2.45, 2.75) is 19.4 Å². The van der Waals surface area contributed by atoms with Crippen molar-refractivity contribution in [3.05, 3.63) is 26.2 Å². The third-order valence-electron chi connectivity index (χ3n) is 3.05. The van der Waals surface area contributed by atoms with Crippen LogP contribution < -0.4 is 10.6 Å². The first-order valence-electron chi connectivity index (χ1n) is 5.57. The molecule has 5 heteroatoms. The third-order valence-corrected chi connectivity index (χ3v) is 4.41. The van der Waals surface area contributed by atoms with Gasteiger partial charge in [0.05, 0.1) is 11.6 Å². The van der Waals surface area contributed by atoms with E-state index in [9.17, 15) is 4.79 Å². The lowest BCUT2D eigenvalue weighted by Gasteiger charge is -2.15. The lowest BCUT2D eigenvalue weighted by atomic mass is 10.0. The first-order chi connectivity index (χ1) is 8.08. The van der Waals surface area contributed by atoms with Gasteiger partial charge in [0.2, 0.25) is 5.91 Å². The maximum Gasteiger partial charge on any atom is 0.229 e. The van der Waals surface area contributed by atoms with E-state index in [1.54, 1.807) is 0 Å². The van der Waals surface area contributed by atoms with Gasteiger partial charge in [0.25, 0.3) is 0 Å². The van der Waals surface area contributed by atoms with Gasteiger partial charge in [0, 0.05) is 14.1 Å². The Balaban J connectivity index is 2.10. The van der Waals surface area contributed by atoms with Crippen LogP contribution in [0.25, 0.3) is 0 Å². The maximum atomic E-state index is 12.1. The second-order valence-electron chi connectivity index (χ2n) is 4.25. The largest absolute Gasteiger partial charge is 0.325 e. The van der Waals surface area contributed by atoms with Crippen LogP contribution in [-0.4, -0.2) is 18.5 Å². The van der Waals surface area contributed by atoms with Crippen LogP contribution in [0.2, 0.25) is 0 Å². The number of rotatable bonds is 2. The molecule has 1 aromatic rings. The summed E-state index contributed by atoms with van der Waals surface area (Å²) in [5, 5.41) is 6.28. The van der Waals surface area contributed by atoms with Gasteiger partial charge in [-0.25, -0.2) is 0 Å². The number of amides is 1. The molecule has 2 rings (SSSR count). The molecular formula is C12H14BrIN2O. The first kappa shape index (κ1) is 13.3. The number of carbonyl (C=O) groups is 1. The van der Waals surface area contributed by atoms with Gasteiger partial charge in [-0.3, -0.25) is 4.79 Å². The molecule has 0 radical (unpaired) electrons. The fourth-order valence-corrected chi connectivity index (χ4v) is 2.87. The van der Waals surface area contributed by atoms with E-state index in [2.05, 4.69) is 56.1 Å². The highest BCUT2D eigenvalue weighted by atomic mass is 127. The van der Waals surface area contributed by atoms with Crippen LogP contribution in [0.15, 0.2) is 22.7 Å². The number of hydrogen-bond donors (Lipinski definition) is 2. The summed E-state index contributed by atoms with van der Waals surface area (Å²) in [6.07, 6.45) is 0.911. The molecule has 3 nitrogen and oxygen atoms in total. The Morgan fingerprint density at radius 2 is 2.35 bits per heavy atom. The van der Waals surface area contributed by atoms with Gasteiger partial charge in [0.1, 0.15) is 0 Å². The van der Waals surface area contributed by atoms with Crippen molar-refractivity contribution in [3.8, 4) is 0 Å². The molecule has 0 spiro atoms. The molecule has 1 heterocycles. The van der Waals surface area contributed by atoms with Crippen molar-refractivity contribution >= 4 is 50.1 Å². The Bertz CT molecular complexity index is 439. The molecule has 0 saturated carbocycles. The van der Waals surface area contributed by atoms with Crippen molar-refractivity contribution < 1.29 is 4.79 Å². The lowest BCUT2D eigenvalue weighted by Crippen LogP contribution is -2.32. The van der Waals surface area contributed by atoms with Gasteiger partial charge >= 0.3 is 0 Å². The smallest absolute Gasteiger partial charge is 0.229 e. The number of benzene rings is 1. The van der Waals surface area contributed by atoms with Crippen LogP contribution in [0.1, 0.15) is 13.3 Å². The van der Waals surface area contributed by atoms with Crippen LogP contribution in [0.5, 0.6) is 0 Å². The van der Waals surface area contributed by atoms with Gasteiger partial charge in [-0.05, 0) is 76.6 Å². The van der Waals surface area contributed by atoms with Gasteiger partial charge in [-0.15, -0.1) is 0 Å². The molecule has 1 aliphatic heterocycles. The predicted molar refractivity (Wildman–Crippen MR) is 81.1 cm³/mol. The van der Waals surface area contributed by atoms with Crippen molar-refractivity contribution in [1.29, 1.82) is 0 Å². The molecule has 1 aromatic carbocycles. The van der Waals surface area contributed by atoms with Crippen LogP contribution in [0.3, 0.4) is 0 Å². The van der Waals surface area contributed by atoms with Crippen LogP contribution in [0.4, 0.5) is 5.69 Å². The standard InChI is InChI=1S/C12H14BrIN2O/c1-7-9(4-5-15-7)12(17)16-11-6-8(14)2-3-10(11)13/h2-3,6-7,9,15H,4-5H2,1H3,(H,16,17). The molecule has 1 saturated heterocycles. The topological polar surface area (TPSA) is 41.1 Å². The fraction of sp³-hybridized carbons (Fsp3) is 0.417. The molecule has 2 atom stereocenters. The number of carbonyl (C=O) groups excluding carboxylic acids is 1. The quantitative estimate of drug-likeness (QED) is 0.738. The number of nitrogens with one attached hydrogen (secondary N) is 2. The molecule has 1 amide bonds. The van der Waals surface area contributed by atoms with Crippen LogP contribution in [0, 0.1) is 9.49 Å². The summed E-state index contributed by atoms with van der Waals surface area (Å²) in [5.41, 5.74) is 0.848. The molecule has 0 aliphatic carbocycles. The normalized spacial score (nSPS) is 23.7. The summed E-state index contributed by atoms with van der Waals surface area (Å²) in [5.74, 6) is 0.171. The fourth-order valence-electron chi connectivity index (χ4n) is 2.04. The lowest BCUT2D eigenvalue weighted by molar-refractivity contribution is -0.120. The van der Waals surface area contributed by atoms with E-state index in [0.717, 1.165) is 26.7 Å². The van der Waals surface area contributed by atoms with Gasteiger partial charge in [-0.2, -0.15) is 0 Å². The Kier molecular flexibility index (Phi) is 4.43. The summed E-state index contributed by atoms with van der Waals surface area (Å²) in [4.78, 5) is 12.1. The zero-order chi connectivity index (χ0) is 12.4. The molecule has 0 bridgehead atoms. The highest BCUT2D eigenvalue weighted by molar-refractivity contribution is 14.1. The molecule has 1 aliphatic rings. The van der Waals surface area contributed by atoms with E-state index in [4.69, 9.17) is 0 Å². The van der Waals surface area contributed by atoms with E-state index in [-0.39, 0.29) is 17.9 Å². The summed E-state index contributed by atoms with van der Waals surface area (Å²) in [6.45, 7) is 2.98. The minimum absolute atomic E-state index is 0.0692. The third kappa shape index (κ3) is 3.20. The number of hydrogen-bond acceptors (Lipinski definition) is 2. The van der Waals surface area contributed by atoms with E-state index < -0.39 is 0 Å². The van der Waals surface area contributed by atoms with Gasteiger partial charge in [-0.1, -0.05) is 0 Å². The highest BCUT2D eigenvalue weighted by Gasteiger charge is 2.29. The minimum Gasteiger partial charge on any atom is -0.325 e. The number of halogens is 2. The summed E-state index contributed by atoms with van der Waals surface area (Å²) < 4.78 is 2.03. The molecule has 92 valence electrons. The maximum absolute atomic E-state index is 12.1. The highest BCUT2D eigenvalue weighted by Crippen LogP contribution is 2.26. The zero-order valence-corrected chi connectivity index (χ0v) is 13.2. The Hall–Kier alpha value is -0.140.